The van der Waals surface area contributed by atoms with Gasteiger partial charge in [-0.05, 0) is 54.1 Å². The summed E-state index contributed by atoms with van der Waals surface area (Å²) in [4.78, 5) is 4.73. The number of hydrogen-bond acceptors (Lipinski definition) is 5. The lowest BCUT2D eigenvalue weighted by Crippen LogP contribution is -2.05. The maximum atomic E-state index is 13.4. The molecule has 0 aliphatic rings. The van der Waals surface area contributed by atoms with Crippen LogP contribution in [-0.2, 0) is 6.54 Å². The quantitative estimate of drug-likeness (QED) is 0.478. The zero-order chi connectivity index (χ0) is 21.1. The first-order valence-corrected chi connectivity index (χ1v) is 9.40. The lowest BCUT2D eigenvalue weighted by atomic mass is 10.1. The van der Waals surface area contributed by atoms with Crippen LogP contribution in [0.2, 0.25) is 0 Å². The number of hydrogen-bond donors (Lipinski definition) is 1. The first-order valence-electron chi connectivity index (χ1n) is 9.40. The molecule has 0 radical (unpaired) electrons. The summed E-state index contributed by atoms with van der Waals surface area (Å²) in [5.74, 6) is 2.25. The van der Waals surface area contributed by atoms with Crippen molar-refractivity contribution < 1.29 is 18.6 Å². The second-order valence-corrected chi connectivity index (χ2v) is 6.63. The highest BCUT2D eigenvalue weighted by Gasteiger charge is 2.16. The highest BCUT2D eigenvalue weighted by Crippen LogP contribution is 2.38. The summed E-state index contributed by atoms with van der Waals surface area (Å²) in [7, 11) is 4.75. The zero-order valence-electron chi connectivity index (χ0n) is 17.0. The molecule has 0 atom stereocenters. The smallest absolute Gasteiger partial charge is 0.203 e. The van der Waals surface area contributed by atoms with E-state index in [-0.39, 0.29) is 5.82 Å². The lowest BCUT2D eigenvalue weighted by Gasteiger charge is -2.15. The van der Waals surface area contributed by atoms with Gasteiger partial charge in [0.1, 0.15) is 23.0 Å². The van der Waals surface area contributed by atoms with Crippen molar-refractivity contribution in [3.05, 3.63) is 72.2 Å². The Balaban J connectivity index is 1.72. The topological polar surface area (TPSA) is 57.0 Å². The van der Waals surface area contributed by atoms with E-state index in [1.807, 2.05) is 40.9 Å². The van der Waals surface area contributed by atoms with Crippen LogP contribution in [-0.4, -0.2) is 30.7 Å². The molecule has 0 aliphatic heterocycles. The van der Waals surface area contributed by atoms with Gasteiger partial charge in [0.2, 0.25) is 5.75 Å². The summed E-state index contributed by atoms with van der Waals surface area (Å²) < 4.78 is 31.7. The van der Waals surface area contributed by atoms with E-state index in [2.05, 4.69) is 5.32 Å². The third-order valence-electron chi connectivity index (χ3n) is 4.83. The Kier molecular flexibility index (Phi) is 5.43. The fourth-order valence-corrected chi connectivity index (χ4v) is 3.40. The van der Waals surface area contributed by atoms with Crippen molar-refractivity contribution in [3.8, 4) is 28.5 Å². The average Bonchev–Trinajstić information content (AvgIpc) is 3.15. The molecule has 0 amide bonds. The zero-order valence-corrected chi connectivity index (χ0v) is 17.0. The van der Waals surface area contributed by atoms with Crippen molar-refractivity contribution in [1.82, 2.24) is 9.38 Å². The molecule has 0 bridgehead atoms. The Labute approximate surface area is 173 Å². The van der Waals surface area contributed by atoms with Gasteiger partial charge in [0.05, 0.1) is 21.3 Å². The van der Waals surface area contributed by atoms with E-state index in [0.717, 1.165) is 28.3 Å². The number of methoxy groups -OCH3 is 3. The number of benzene rings is 2. The molecule has 0 fully saturated rings. The SMILES string of the molecule is COc1cc(CNc2c(-c3ccc(F)cc3)nc3ccccn23)cc(OC)c1OC. The maximum absolute atomic E-state index is 13.4. The highest BCUT2D eigenvalue weighted by atomic mass is 19.1. The number of imidazole rings is 1. The molecule has 0 saturated heterocycles. The molecule has 1 N–H and O–H groups in total. The van der Waals surface area contributed by atoms with E-state index >= 15 is 0 Å². The monoisotopic (exact) mass is 407 g/mol. The van der Waals surface area contributed by atoms with E-state index in [9.17, 15) is 4.39 Å². The van der Waals surface area contributed by atoms with Crippen molar-refractivity contribution in [2.24, 2.45) is 0 Å². The van der Waals surface area contributed by atoms with Crippen molar-refractivity contribution in [3.63, 3.8) is 0 Å². The fraction of sp³-hybridized carbons (Fsp3) is 0.174. The number of fused-ring (bicyclic) bond motifs is 1. The van der Waals surface area contributed by atoms with Gasteiger partial charge in [0.25, 0.3) is 0 Å². The number of aromatic nitrogens is 2. The minimum absolute atomic E-state index is 0.283. The van der Waals surface area contributed by atoms with Crippen molar-refractivity contribution in [2.45, 2.75) is 6.54 Å². The van der Waals surface area contributed by atoms with Gasteiger partial charge in [-0.25, -0.2) is 9.37 Å². The number of ether oxygens (including phenoxy) is 3. The summed E-state index contributed by atoms with van der Waals surface area (Å²) in [6.07, 6.45) is 1.94. The van der Waals surface area contributed by atoms with Gasteiger partial charge in [-0.15, -0.1) is 0 Å². The molecule has 0 unspecified atom stereocenters. The predicted octanol–water partition coefficient (Wildman–Crippen LogP) is 4.78. The van der Waals surface area contributed by atoms with Crippen LogP contribution in [0, 0.1) is 5.82 Å². The lowest BCUT2D eigenvalue weighted by molar-refractivity contribution is 0.324. The molecular formula is C23H22FN3O3. The molecule has 0 aliphatic carbocycles. The fourth-order valence-electron chi connectivity index (χ4n) is 3.40. The third-order valence-corrected chi connectivity index (χ3v) is 4.83. The summed E-state index contributed by atoms with van der Waals surface area (Å²) in [6, 6.07) is 15.9. The van der Waals surface area contributed by atoms with Crippen LogP contribution in [0.3, 0.4) is 0 Å². The molecule has 30 heavy (non-hydrogen) atoms. The van der Waals surface area contributed by atoms with Gasteiger partial charge in [0.15, 0.2) is 11.5 Å². The largest absolute Gasteiger partial charge is 0.493 e. The number of pyridine rings is 1. The molecule has 2 heterocycles. The van der Waals surface area contributed by atoms with E-state index < -0.39 is 0 Å². The van der Waals surface area contributed by atoms with Crippen LogP contribution in [0.15, 0.2) is 60.8 Å². The Morgan fingerprint density at radius 1 is 0.933 bits per heavy atom. The van der Waals surface area contributed by atoms with E-state index in [1.54, 1.807) is 33.5 Å². The van der Waals surface area contributed by atoms with Gasteiger partial charge in [-0.2, -0.15) is 0 Å². The second-order valence-electron chi connectivity index (χ2n) is 6.63. The van der Waals surface area contributed by atoms with Gasteiger partial charge in [-0.3, -0.25) is 4.40 Å². The van der Waals surface area contributed by atoms with Gasteiger partial charge < -0.3 is 19.5 Å². The normalized spacial score (nSPS) is 10.8. The Hall–Kier alpha value is -3.74. The number of halogens is 1. The Bertz CT molecular complexity index is 1150. The van der Waals surface area contributed by atoms with Gasteiger partial charge in [0, 0.05) is 18.3 Å². The van der Waals surface area contributed by atoms with Crippen molar-refractivity contribution in [1.29, 1.82) is 0 Å². The molecular weight excluding hydrogens is 385 g/mol. The molecule has 154 valence electrons. The van der Waals surface area contributed by atoms with Crippen LogP contribution in [0.1, 0.15) is 5.56 Å². The number of anilines is 1. The predicted molar refractivity (Wildman–Crippen MR) is 114 cm³/mol. The molecule has 4 aromatic rings. The molecule has 6 nitrogen and oxygen atoms in total. The maximum Gasteiger partial charge on any atom is 0.203 e. The van der Waals surface area contributed by atoms with Crippen molar-refractivity contribution >= 4 is 11.5 Å². The molecule has 4 rings (SSSR count). The van der Waals surface area contributed by atoms with Crippen LogP contribution < -0.4 is 19.5 Å². The van der Waals surface area contributed by atoms with Gasteiger partial charge in [-0.1, -0.05) is 6.07 Å². The summed E-state index contributed by atoms with van der Waals surface area (Å²) in [5.41, 5.74) is 3.31. The van der Waals surface area contributed by atoms with Gasteiger partial charge >= 0.3 is 0 Å². The Morgan fingerprint density at radius 3 is 2.27 bits per heavy atom. The summed E-state index contributed by atoms with van der Waals surface area (Å²) in [6.45, 7) is 0.494. The summed E-state index contributed by atoms with van der Waals surface area (Å²) >= 11 is 0. The minimum atomic E-state index is -0.283. The average molecular weight is 407 g/mol. The van der Waals surface area contributed by atoms with Crippen molar-refractivity contribution in [2.75, 3.05) is 26.6 Å². The molecule has 0 spiro atoms. The third kappa shape index (κ3) is 3.61. The van der Waals surface area contributed by atoms with Crippen LogP contribution in [0.5, 0.6) is 17.2 Å². The Morgan fingerprint density at radius 2 is 1.63 bits per heavy atom. The van der Waals surface area contributed by atoms with E-state index in [0.29, 0.717) is 23.8 Å². The van der Waals surface area contributed by atoms with Crippen LogP contribution >= 0.6 is 0 Å². The number of nitrogens with zero attached hydrogens (tertiary/aromatic N) is 2. The van der Waals surface area contributed by atoms with Crippen LogP contribution in [0.25, 0.3) is 16.9 Å². The van der Waals surface area contributed by atoms with E-state index in [1.165, 1.54) is 12.1 Å². The number of rotatable bonds is 7. The van der Waals surface area contributed by atoms with Crippen LogP contribution in [0.4, 0.5) is 10.2 Å². The molecule has 0 saturated carbocycles. The first kappa shape index (κ1) is 19.6. The standard InChI is InChI=1S/C23H22FN3O3/c1-28-18-12-15(13-19(29-2)22(18)30-3)14-25-23-21(16-7-9-17(24)10-8-16)26-20-6-4-5-11-27(20)23/h4-13,25H,14H2,1-3H3. The first-order chi connectivity index (χ1) is 14.6. The molecule has 2 aromatic heterocycles. The molecule has 2 aromatic carbocycles. The van der Waals surface area contributed by atoms with E-state index in [4.69, 9.17) is 19.2 Å². The highest BCUT2D eigenvalue weighted by molar-refractivity contribution is 5.76. The molecule has 7 heteroatoms. The number of nitrogens with one attached hydrogen (secondary N) is 1. The summed E-state index contributed by atoms with van der Waals surface area (Å²) in [5, 5.41) is 3.46. The second kappa shape index (κ2) is 8.32. The minimum Gasteiger partial charge on any atom is -0.493 e.